The van der Waals surface area contributed by atoms with Gasteiger partial charge in [-0.15, -0.1) is 0 Å². The molecule has 0 aliphatic heterocycles. The number of methoxy groups -OCH3 is 1. The second kappa shape index (κ2) is 11.2. The van der Waals surface area contributed by atoms with E-state index in [1.165, 1.54) is 7.11 Å². The van der Waals surface area contributed by atoms with Crippen molar-refractivity contribution in [3.8, 4) is 11.5 Å². The van der Waals surface area contributed by atoms with Crippen molar-refractivity contribution < 1.29 is 33.7 Å². The van der Waals surface area contributed by atoms with Crippen LogP contribution < -0.4 is 14.8 Å². The molecule has 8 heteroatoms. The number of nitrogens with one attached hydrogen (secondary N) is 1. The average molecular weight is 443 g/mol. The van der Waals surface area contributed by atoms with Gasteiger partial charge >= 0.3 is 11.9 Å². The molecule has 2 rings (SSSR count). The van der Waals surface area contributed by atoms with Gasteiger partial charge in [-0.25, -0.2) is 9.59 Å². The molecule has 8 nitrogen and oxygen atoms in total. The Balaban J connectivity index is 2.32. The summed E-state index contributed by atoms with van der Waals surface area (Å²) < 4.78 is 16.5. The number of benzene rings is 2. The highest BCUT2D eigenvalue weighted by Crippen LogP contribution is 2.31. The van der Waals surface area contributed by atoms with E-state index in [1.807, 2.05) is 30.3 Å². The van der Waals surface area contributed by atoms with E-state index in [2.05, 4.69) is 5.32 Å². The fourth-order valence-corrected chi connectivity index (χ4v) is 3.03. The summed E-state index contributed by atoms with van der Waals surface area (Å²) in [6, 6.07) is 14.4. The third kappa shape index (κ3) is 6.23. The van der Waals surface area contributed by atoms with Crippen LogP contribution in [0.25, 0.3) is 0 Å². The number of aliphatic carboxylic acids is 1. The summed E-state index contributed by atoms with van der Waals surface area (Å²) in [6.07, 6.45) is -0.326. The van der Waals surface area contributed by atoms with Crippen LogP contribution in [0.1, 0.15) is 38.3 Å². The zero-order valence-electron chi connectivity index (χ0n) is 18.7. The molecule has 32 heavy (non-hydrogen) atoms. The first-order valence-electron chi connectivity index (χ1n) is 10.3. The summed E-state index contributed by atoms with van der Waals surface area (Å²) in [5.74, 6) is -2.37. The minimum Gasteiger partial charge on any atom is -0.493 e. The first kappa shape index (κ1) is 24.7. The first-order valence-corrected chi connectivity index (χ1v) is 10.3. The number of hydrogen-bond donors (Lipinski definition) is 2. The topological polar surface area (TPSA) is 111 Å². The van der Waals surface area contributed by atoms with E-state index in [4.69, 9.17) is 14.2 Å². The van der Waals surface area contributed by atoms with Crippen LogP contribution in [0.15, 0.2) is 48.5 Å². The van der Waals surface area contributed by atoms with Crippen molar-refractivity contribution in [2.75, 3.05) is 7.11 Å². The lowest BCUT2D eigenvalue weighted by atomic mass is 9.90. The second-order valence-electron chi connectivity index (χ2n) is 7.45. The Labute approximate surface area is 187 Å². The Morgan fingerprint density at radius 1 is 1.06 bits per heavy atom. The third-order valence-electron chi connectivity index (χ3n) is 4.92. The number of carboxylic acid groups (broad SMARTS) is 1. The van der Waals surface area contributed by atoms with Gasteiger partial charge in [-0.2, -0.15) is 0 Å². The molecule has 0 saturated heterocycles. The van der Waals surface area contributed by atoms with Crippen molar-refractivity contribution in [3.05, 3.63) is 59.7 Å². The van der Waals surface area contributed by atoms with Gasteiger partial charge in [-0.05, 0) is 36.6 Å². The highest BCUT2D eigenvalue weighted by Gasteiger charge is 2.49. The second-order valence-corrected chi connectivity index (χ2v) is 7.45. The molecule has 0 bridgehead atoms. The van der Waals surface area contributed by atoms with Crippen molar-refractivity contribution >= 4 is 17.8 Å². The zero-order valence-corrected chi connectivity index (χ0v) is 18.7. The molecule has 0 saturated carbocycles. The predicted molar refractivity (Wildman–Crippen MR) is 118 cm³/mol. The lowest BCUT2D eigenvalue weighted by Crippen LogP contribution is -2.62. The van der Waals surface area contributed by atoms with Gasteiger partial charge in [-0.1, -0.05) is 43.3 Å². The Morgan fingerprint density at radius 2 is 1.75 bits per heavy atom. The van der Waals surface area contributed by atoms with Gasteiger partial charge in [0.05, 0.1) is 13.2 Å². The maximum atomic E-state index is 12.8. The molecular formula is C24H29NO7. The molecule has 0 fully saturated rings. The minimum atomic E-state index is -2.27. The lowest BCUT2D eigenvalue weighted by Gasteiger charge is -2.29. The molecule has 2 N–H and O–H groups in total. The van der Waals surface area contributed by atoms with Crippen LogP contribution in [-0.4, -0.2) is 41.7 Å². The third-order valence-corrected chi connectivity index (χ3v) is 4.92. The monoisotopic (exact) mass is 443 g/mol. The van der Waals surface area contributed by atoms with E-state index in [9.17, 15) is 19.5 Å². The summed E-state index contributed by atoms with van der Waals surface area (Å²) in [5, 5.41) is 12.2. The quantitative estimate of drug-likeness (QED) is 0.405. The summed E-state index contributed by atoms with van der Waals surface area (Å²) in [5.41, 5.74) is -0.847. The largest absolute Gasteiger partial charge is 0.493 e. The fourth-order valence-electron chi connectivity index (χ4n) is 3.03. The smallest absolute Gasteiger partial charge is 0.344 e. The van der Waals surface area contributed by atoms with Gasteiger partial charge in [0.25, 0.3) is 0 Å². The van der Waals surface area contributed by atoms with Crippen LogP contribution in [0, 0.1) is 0 Å². The number of amides is 1. The van der Waals surface area contributed by atoms with E-state index in [0.717, 1.165) is 12.5 Å². The van der Waals surface area contributed by atoms with E-state index in [0.29, 0.717) is 30.1 Å². The van der Waals surface area contributed by atoms with Crippen LogP contribution in [0.2, 0.25) is 0 Å². The molecule has 0 spiro atoms. The Hall–Kier alpha value is -3.55. The number of hydrogen-bond acceptors (Lipinski definition) is 6. The van der Waals surface area contributed by atoms with E-state index >= 15 is 0 Å². The van der Waals surface area contributed by atoms with Crippen LogP contribution in [-0.2, 0) is 32.1 Å². The summed E-state index contributed by atoms with van der Waals surface area (Å²) in [6.45, 7) is 4.93. The SMILES string of the molecule is CCC(C)OC(=O)C(Cc1ccc(OCc2ccccc2)c(OC)c1)(NC(C)=O)C(=O)O. The summed E-state index contributed by atoms with van der Waals surface area (Å²) in [7, 11) is 1.46. The van der Waals surface area contributed by atoms with Gasteiger partial charge in [0.2, 0.25) is 11.4 Å². The van der Waals surface area contributed by atoms with Crippen LogP contribution in [0.5, 0.6) is 11.5 Å². The molecule has 0 aliphatic carbocycles. The molecule has 0 aliphatic rings. The Morgan fingerprint density at radius 3 is 2.31 bits per heavy atom. The number of ether oxygens (including phenoxy) is 3. The predicted octanol–water partition coefficient (Wildman–Crippen LogP) is 3.12. The summed E-state index contributed by atoms with van der Waals surface area (Å²) in [4.78, 5) is 36.8. The molecule has 172 valence electrons. The standard InChI is InChI=1S/C24H29NO7/c1-5-16(2)32-23(29)24(22(27)28,25-17(3)26)14-19-11-12-20(21(13-19)30-4)31-15-18-9-7-6-8-10-18/h6-13,16H,5,14-15H2,1-4H3,(H,25,26)(H,27,28). The van der Waals surface area contributed by atoms with Gasteiger partial charge in [0.15, 0.2) is 11.5 Å². The van der Waals surface area contributed by atoms with Gasteiger partial charge in [0.1, 0.15) is 6.61 Å². The number of esters is 1. The van der Waals surface area contributed by atoms with E-state index < -0.39 is 29.5 Å². The van der Waals surface area contributed by atoms with Crippen molar-refractivity contribution in [2.45, 2.75) is 51.9 Å². The highest BCUT2D eigenvalue weighted by atomic mass is 16.5. The number of carboxylic acids is 1. The molecular weight excluding hydrogens is 414 g/mol. The molecule has 2 aromatic carbocycles. The molecule has 2 atom stereocenters. The highest BCUT2D eigenvalue weighted by molar-refractivity contribution is 6.07. The van der Waals surface area contributed by atoms with Crippen LogP contribution in [0.4, 0.5) is 0 Å². The van der Waals surface area contributed by atoms with Crippen LogP contribution in [0.3, 0.4) is 0 Å². The van der Waals surface area contributed by atoms with E-state index in [1.54, 1.807) is 32.0 Å². The molecule has 2 aromatic rings. The molecule has 0 heterocycles. The molecule has 2 unspecified atom stereocenters. The Kier molecular flexibility index (Phi) is 8.63. The van der Waals surface area contributed by atoms with Gasteiger partial charge in [0, 0.05) is 13.3 Å². The molecule has 1 amide bonds. The normalized spacial score (nSPS) is 13.4. The molecule has 0 radical (unpaired) electrons. The number of carbonyl (C=O) groups excluding carboxylic acids is 2. The summed E-state index contributed by atoms with van der Waals surface area (Å²) >= 11 is 0. The first-order chi connectivity index (χ1) is 15.2. The molecule has 0 aromatic heterocycles. The fraction of sp³-hybridized carbons (Fsp3) is 0.375. The maximum absolute atomic E-state index is 12.8. The van der Waals surface area contributed by atoms with Crippen molar-refractivity contribution in [2.24, 2.45) is 0 Å². The van der Waals surface area contributed by atoms with Crippen LogP contribution >= 0.6 is 0 Å². The average Bonchev–Trinajstić information content (AvgIpc) is 2.77. The van der Waals surface area contributed by atoms with Crippen molar-refractivity contribution in [1.82, 2.24) is 5.32 Å². The number of rotatable bonds is 11. The van der Waals surface area contributed by atoms with E-state index in [-0.39, 0.29) is 6.42 Å². The maximum Gasteiger partial charge on any atom is 0.344 e. The Bertz CT molecular complexity index is 945. The van der Waals surface area contributed by atoms with Crippen molar-refractivity contribution in [1.29, 1.82) is 0 Å². The lowest BCUT2D eigenvalue weighted by molar-refractivity contribution is -0.168. The van der Waals surface area contributed by atoms with Gasteiger partial charge < -0.3 is 24.6 Å². The number of carbonyl (C=O) groups is 3. The zero-order chi connectivity index (χ0) is 23.7. The minimum absolute atomic E-state index is 0.322. The van der Waals surface area contributed by atoms with Crippen molar-refractivity contribution in [3.63, 3.8) is 0 Å². The van der Waals surface area contributed by atoms with Gasteiger partial charge in [-0.3, -0.25) is 4.79 Å².